The predicted molar refractivity (Wildman–Crippen MR) is 74.5 cm³/mol. The zero-order valence-corrected chi connectivity index (χ0v) is 12.6. The van der Waals surface area contributed by atoms with Gasteiger partial charge < -0.3 is 10.0 Å². The zero-order chi connectivity index (χ0) is 13.9. The molecular formula is C15H29NO2. The maximum Gasteiger partial charge on any atom is 0.137 e. The summed E-state index contributed by atoms with van der Waals surface area (Å²) < 4.78 is 0. The standard InChI is InChI=1S/C15H29NO2/c1-11(2)12-6-7-14(17)13(8-12)9-16(5)10-15(3,4)18/h11-13,18H,6-10H2,1-5H3. The van der Waals surface area contributed by atoms with Crippen LogP contribution in [0.3, 0.4) is 0 Å². The molecule has 3 nitrogen and oxygen atoms in total. The smallest absolute Gasteiger partial charge is 0.137 e. The molecule has 0 radical (unpaired) electrons. The highest BCUT2D eigenvalue weighted by Crippen LogP contribution is 2.32. The van der Waals surface area contributed by atoms with Crippen LogP contribution in [0.5, 0.6) is 0 Å². The van der Waals surface area contributed by atoms with Gasteiger partial charge in [0.25, 0.3) is 0 Å². The molecule has 0 amide bonds. The number of ketones is 1. The molecule has 0 aromatic heterocycles. The van der Waals surface area contributed by atoms with E-state index in [0.717, 1.165) is 25.8 Å². The van der Waals surface area contributed by atoms with Gasteiger partial charge in [0, 0.05) is 25.4 Å². The number of carbonyl (C=O) groups is 1. The van der Waals surface area contributed by atoms with E-state index in [4.69, 9.17) is 0 Å². The van der Waals surface area contributed by atoms with Gasteiger partial charge in [-0.15, -0.1) is 0 Å². The second-order valence-corrected chi connectivity index (χ2v) is 6.95. The van der Waals surface area contributed by atoms with Crippen molar-refractivity contribution in [3.8, 4) is 0 Å². The molecule has 1 aliphatic carbocycles. The molecule has 0 bridgehead atoms. The number of rotatable bonds is 5. The van der Waals surface area contributed by atoms with Crippen molar-refractivity contribution in [1.29, 1.82) is 0 Å². The number of likely N-dealkylation sites (N-methyl/N-ethyl adjacent to an activating group) is 1. The fourth-order valence-electron chi connectivity index (χ4n) is 3.03. The van der Waals surface area contributed by atoms with Crippen LogP contribution in [0.25, 0.3) is 0 Å². The molecule has 106 valence electrons. The maximum atomic E-state index is 12.0. The molecule has 0 spiro atoms. The Labute approximate surface area is 112 Å². The Morgan fingerprint density at radius 3 is 2.56 bits per heavy atom. The zero-order valence-electron chi connectivity index (χ0n) is 12.6. The lowest BCUT2D eigenvalue weighted by Gasteiger charge is -2.34. The number of carbonyl (C=O) groups excluding carboxylic acids is 1. The second kappa shape index (κ2) is 6.16. The predicted octanol–water partition coefficient (Wildman–Crippen LogP) is 2.33. The summed E-state index contributed by atoms with van der Waals surface area (Å²) >= 11 is 0. The average Bonchev–Trinajstić information content (AvgIpc) is 2.18. The molecule has 0 aromatic carbocycles. The summed E-state index contributed by atoms with van der Waals surface area (Å²) in [5.74, 6) is 1.93. The van der Waals surface area contributed by atoms with Gasteiger partial charge >= 0.3 is 0 Å². The van der Waals surface area contributed by atoms with Crippen molar-refractivity contribution in [2.45, 2.75) is 52.6 Å². The second-order valence-electron chi connectivity index (χ2n) is 6.95. The van der Waals surface area contributed by atoms with E-state index in [9.17, 15) is 9.90 Å². The summed E-state index contributed by atoms with van der Waals surface area (Å²) in [6, 6.07) is 0. The number of hydrogen-bond acceptors (Lipinski definition) is 3. The van der Waals surface area contributed by atoms with Crippen LogP contribution >= 0.6 is 0 Å². The van der Waals surface area contributed by atoms with Crippen LogP contribution in [0.2, 0.25) is 0 Å². The van der Waals surface area contributed by atoms with Gasteiger partial charge in [-0.05, 0) is 45.6 Å². The molecule has 18 heavy (non-hydrogen) atoms. The van der Waals surface area contributed by atoms with E-state index in [1.165, 1.54) is 0 Å². The van der Waals surface area contributed by atoms with Gasteiger partial charge in [0.15, 0.2) is 0 Å². The molecule has 0 aliphatic heterocycles. The lowest BCUT2D eigenvalue weighted by Crippen LogP contribution is -2.41. The van der Waals surface area contributed by atoms with Crippen molar-refractivity contribution in [1.82, 2.24) is 4.90 Å². The van der Waals surface area contributed by atoms with E-state index >= 15 is 0 Å². The van der Waals surface area contributed by atoms with Crippen LogP contribution in [0.4, 0.5) is 0 Å². The minimum absolute atomic E-state index is 0.165. The Hall–Kier alpha value is -0.410. The largest absolute Gasteiger partial charge is 0.389 e. The molecule has 0 aromatic rings. The van der Waals surface area contributed by atoms with E-state index in [-0.39, 0.29) is 5.92 Å². The molecule has 0 saturated heterocycles. The first-order valence-corrected chi connectivity index (χ1v) is 7.12. The third-order valence-corrected chi connectivity index (χ3v) is 3.94. The van der Waals surface area contributed by atoms with Gasteiger partial charge in [0.2, 0.25) is 0 Å². The normalized spacial score (nSPS) is 26.1. The van der Waals surface area contributed by atoms with E-state index in [1.807, 2.05) is 20.9 Å². The molecule has 1 aliphatic rings. The third-order valence-electron chi connectivity index (χ3n) is 3.94. The van der Waals surface area contributed by atoms with Crippen LogP contribution in [-0.4, -0.2) is 41.5 Å². The summed E-state index contributed by atoms with van der Waals surface area (Å²) in [5.41, 5.74) is -0.691. The fraction of sp³-hybridized carbons (Fsp3) is 0.933. The quantitative estimate of drug-likeness (QED) is 0.819. The first-order chi connectivity index (χ1) is 8.19. The number of hydrogen-bond donors (Lipinski definition) is 1. The Morgan fingerprint density at radius 2 is 2.06 bits per heavy atom. The third kappa shape index (κ3) is 5.07. The Bertz CT molecular complexity index is 281. The average molecular weight is 255 g/mol. The van der Waals surface area contributed by atoms with Crippen molar-refractivity contribution in [3.63, 3.8) is 0 Å². The van der Waals surface area contributed by atoms with E-state index in [2.05, 4.69) is 18.7 Å². The summed E-state index contributed by atoms with van der Waals surface area (Å²) in [6.07, 6.45) is 2.82. The molecular weight excluding hydrogens is 226 g/mol. The molecule has 1 rings (SSSR count). The lowest BCUT2D eigenvalue weighted by atomic mass is 9.75. The van der Waals surface area contributed by atoms with Crippen LogP contribution in [-0.2, 0) is 4.79 Å². The van der Waals surface area contributed by atoms with Crippen LogP contribution in [0, 0.1) is 17.8 Å². The van der Waals surface area contributed by atoms with E-state index in [1.54, 1.807) is 0 Å². The van der Waals surface area contributed by atoms with Gasteiger partial charge in [-0.1, -0.05) is 13.8 Å². The summed E-state index contributed by atoms with van der Waals surface area (Å²) in [7, 11) is 1.99. The topological polar surface area (TPSA) is 40.5 Å². The monoisotopic (exact) mass is 255 g/mol. The van der Waals surface area contributed by atoms with E-state index in [0.29, 0.717) is 24.2 Å². The van der Waals surface area contributed by atoms with Gasteiger partial charge in [-0.2, -0.15) is 0 Å². The molecule has 1 N–H and O–H groups in total. The molecule has 3 heteroatoms. The Kier molecular flexibility index (Phi) is 5.35. The summed E-state index contributed by atoms with van der Waals surface area (Å²) in [4.78, 5) is 14.1. The van der Waals surface area contributed by atoms with Crippen molar-refractivity contribution in [2.75, 3.05) is 20.1 Å². The highest BCUT2D eigenvalue weighted by atomic mass is 16.3. The van der Waals surface area contributed by atoms with Crippen molar-refractivity contribution < 1.29 is 9.90 Å². The number of Topliss-reactive ketones (excluding diaryl/α,β-unsaturated/α-hetero) is 1. The van der Waals surface area contributed by atoms with E-state index < -0.39 is 5.60 Å². The highest BCUT2D eigenvalue weighted by Gasteiger charge is 2.31. The molecule has 0 heterocycles. The Morgan fingerprint density at radius 1 is 1.44 bits per heavy atom. The Balaban J connectivity index is 2.51. The number of nitrogens with zero attached hydrogens (tertiary/aromatic N) is 1. The van der Waals surface area contributed by atoms with Gasteiger partial charge in [-0.25, -0.2) is 0 Å². The summed E-state index contributed by atoms with van der Waals surface area (Å²) in [6.45, 7) is 9.51. The van der Waals surface area contributed by atoms with Crippen LogP contribution in [0.1, 0.15) is 47.0 Å². The molecule has 2 atom stereocenters. The molecule has 1 saturated carbocycles. The minimum atomic E-state index is -0.691. The fourth-order valence-corrected chi connectivity index (χ4v) is 3.03. The molecule has 2 unspecified atom stereocenters. The van der Waals surface area contributed by atoms with Crippen LogP contribution in [0.15, 0.2) is 0 Å². The first kappa shape index (κ1) is 15.6. The maximum absolute atomic E-state index is 12.0. The molecule has 1 fully saturated rings. The summed E-state index contributed by atoms with van der Waals surface area (Å²) in [5, 5.41) is 9.80. The highest BCUT2D eigenvalue weighted by molar-refractivity contribution is 5.82. The first-order valence-electron chi connectivity index (χ1n) is 7.12. The minimum Gasteiger partial charge on any atom is -0.389 e. The SMILES string of the molecule is CC(C)C1CCC(=O)C(CN(C)CC(C)(C)O)C1. The van der Waals surface area contributed by atoms with Crippen molar-refractivity contribution in [2.24, 2.45) is 17.8 Å². The number of aliphatic hydroxyl groups is 1. The van der Waals surface area contributed by atoms with Crippen molar-refractivity contribution >= 4 is 5.78 Å². The lowest BCUT2D eigenvalue weighted by molar-refractivity contribution is -0.126. The van der Waals surface area contributed by atoms with Crippen LogP contribution < -0.4 is 0 Å². The van der Waals surface area contributed by atoms with Gasteiger partial charge in [0.1, 0.15) is 5.78 Å². The van der Waals surface area contributed by atoms with Gasteiger partial charge in [0.05, 0.1) is 5.60 Å². The van der Waals surface area contributed by atoms with Crippen molar-refractivity contribution in [3.05, 3.63) is 0 Å². The van der Waals surface area contributed by atoms with Gasteiger partial charge in [-0.3, -0.25) is 4.79 Å².